The first kappa shape index (κ1) is 25.9. The van der Waals surface area contributed by atoms with Gasteiger partial charge < -0.3 is 42.9 Å². The highest BCUT2D eigenvalue weighted by molar-refractivity contribution is 7.99. The number of likely N-dealkylation sites (tertiary alicyclic amines) is 1. The van der Waals surface area contributed by atoms with Gasteiger partial charge in [0.05, 0.1) is 18.2 Å². The number of amides is 1. The third-order valence-electron chi connectivity index (χ3n) is 5.66. The predicted octanol–water partition coefficient (Wildman–Crippen LogP) is -3.85. The van der Waals surface area contributed by atoms with E-state index < -0.39 is 42.0 Å². The number of aliphatic hydroxyl groups excluding tert-OH is 4. The molecule has 2 aliphatic rings. The van der Waals surface area contributed by atoms with E-state index in [1.807, 2.05) is 11.9 Å². The molecule has 0 radical (unpaired) electrons. The molecule has 9 atom stereocenters. The summed E-state index contributed by atoms with van der Waals surface area (Å²) >= 11 is 1.20. The minimum Gasteiger partial charge on any atom is -1.00 e. The second-order valence-electron chi connectivity index (χ2n) is 7.80. The summed E-state index contributed by atoms with van der Waals surface area (Å²) in [5.74, 6) is 0.245. The first-order valence-corrected chi connectivity index (χ1v) is 10.9. The van der Waals surface area contributed by atoms with Crippen molar-refractivity contribution in [2.24, 2.45) is 5.92 Å². The Balaban J connectivity index is 0.00000392. The van der Waals surface area contributed by atoms with Crippen LogP contribution in [0.3, 0.4) is 0 Å². The number of carbonyl (C=O) groups excluding carboxylic acids is 1. The van der Waals surface area contributed by atoms with Gasteiger partial charge in [-0.25, -0.2) is 0 Å². The van der Waals surface area contributed by atoms with E-state index in [0.29, 0.717) is 5.92 Å². The van der Waals surface area contributed by atoms with Crippen LogP contribution in [-0.4, -0.2) is 99.1 Å². The van der Waals surface area contributed by atoms with Crippen molar-refractivity contribution in [3.05, 3.63) is 0 Å². The monoisotopic (exact) mass is 441 g/mol. The maximum Gasteiger partial charge on any atom is 0.237 e. The highest BCUT2D eigenvalue weighted by Gasteiger charge is 2.48. The van der Waals surface area contributed by atoms with Gasteiger partial charge in [-0.1, -0.05) is 13.3 Å². The Morgan fingerprint density at radius 1 is 1.29 bits per heavy atom. The summed E-state index contributed by atoms with van der Waals surface area (Å²) in [6, 6.07) is -1.20. The Bertz CT molecular complexity index is 501. The van der Waals surface area contributed by atoms with Crippen molar-refractivity contribution in [2.75, 3.05) is 19.8 Å². The molecule has 2 fully saturated rings. The number of rotatable bonds is 7. The van der Waals surface area contributed by atoms with Crippen LogP contribution in [0, 0.1) is 5.92 Å². The molecule has 0 aromatic rings. The third-order valence-corrected chi connectivity index (χ3v) is 6.51. The van der Waals surface area contributed by atoms with Crippen LogP contribution in [0.1, 0.15) is 33.1 Å². The fraction of sp³-hybridized carbons (Fsp3) is 0.944. The van der Waals surface area contributed by atoms with Crippen molar-refractivity contribution in [1.82, 2.24) is 10.2 Å². The van der Waals surface area contributed by atoms with Crippen LogP contribution in [0.5, 0.6) is 0 Å². The second-order valence-corrected chi connectivity index (χ2v) is 8.73. The number of nitrogens with zero attached hydrogens (tertiary/aromatic N) is 1. The minimum atomic E-state index is -1.42. The van der Waals surface area contributed by atoms with E-state index in [2.05, 4.69) is 12.2 Å². The van der Waals surface area contributed by atoms with E-state index in [-0.39, 0.29) is 24.4 Å². The molecule has 2 aliphatic heterocycles. The summed E-state index contributed by atoms with van der Waals surface area (Å²) in [6.07, 6.45) is -1.50. The van der Waals surface area contributed by atoms with Crippen LogP contribution >= 0.6 is 11.8 Å². The van der Waals surface area contributed by atoms with Crippen LogP contribution < -0.4 is 17.7 Å². The van der Waals surface area contributed by atoms with Gasteiger partial charge in [0.15, 0.2) is 0 Å². The smallest absolute Gasteiger partial charge is 0.237 e. The highest BCUT2D eigenvalue weighted by Crippen LogP contribution is 2.30. The van der Waals surface area contributed by atoms with Crippen molar-refractivity contribution in [2.45, 2.75) is 81.1 Å². The number of ether oxygens (including phenoxy) is 1. The van der Waals surface area contributed by atoms with Gasteiger partial charge in [0.25, 0.3) is 0 Å². The Morgan fingerprint density at radius 2 is 1.93 bits per heavy atom. The lowest BCUT2D eigenvalue weighted by Gasteiger charge is -2.44. The van der Waals surface area contributed by atoms with Crippen molar-refractivity contribution >= 4 is 17.7 Å². The summed E-state index contributed by atoms with van der Waals surface area (Å²) < 4.78 is 5.72. The van der Waals surface area contributed by atoms with Gasteiger partial charge in [0.2, 0.25) is 5.91 Å². The molecule has 2 heterocycles. The average molecular weight is 442 g/mol. The van der Waals surface area contributed by atoms with E-state index in [1.165, 1.54) is 18.7 Å². The Hall–Kier alpha value is -0.130. The van der Waals surface area contributed by atoms with Crippen molar-refractivity contribution in [3.8, 4) is 0 Å². The zero-order valence-electron chi connectivity index (χ0n) is 16.9. The largest absolute Gasteiger partial charge is 1.00 e. The van der Waals surface area contributed by atoms with Crippen molar-refractivity contribution < 1.29 is 42.4 Å². The van der Waals surface area contributed by atoms with Crippen molar-refractivity contribution in [1.29, 1.82) is 0 Å². The first-order valence-electron chi connectivity index (χ1n) is 9.62. The number of carbonyl (C=O) groups is 1. The maximum atomic E-state index is 12.8. The standard InChI is InChI=1S/C18H34N2O6S.ClH/c1-5-6-10-7-11(20(3)8-10)17(25)19-12(9(2)21)16-14(23)13(22)15(24)18(26-16)27-4;/h9-16,18,21-24H,5-8H2,1-4H3,(H,19,25);1H/p-1. The molecule has 28 heavy (non-hydrogen) atoms. The lowest BCUT2D eigenvalue weighted by molar-refractivity contribution is -0.211. The number of nitrogens with one attached hydrogen (secondary N) is 1. The number of aliphatic hydroxyl groups is 4. The van der Waals surface area contributed by atoms with E-state index in [4.69, 9.17) is 4.74 Å². The molecule has 0 bridgehead atoms. The van der Waals surface area contributed by atoms with Gasteiger partial charge in [-0.15, -0.1) is 11.8 Å². The summed E-state index contributed by atoms with van der Waals surface area (Å²) in [4.78, 5) is 14.9. The summed E-state index contributed by atoms with van der Waals surface area (Å²) in [5.41, 5.74) is -0.755. The second kappa shape index (κ2) is 11.3. The molecule has 0 spiro atoms. The van der Waals surface area contributed by atoms with E-state index in [9.17, 15) is 25.2 Å². The Labute approximate surface area is 177 Å². The summed E-state index contributed by atoms with van der Waals surface area (Å²) in [7, 11) is 1.91. The minimum absolute atomic E-state index is 0. The zero-order chi connectivity index (χ0) is 20.3. The molecule has 10 heteroatoms. The number of halogens is 1. The van der Waals surface area contributed by atoms with Crippen LogP contribution in [0.25, 0.3) is 0 Å². The molecule has 166 valence electrons. The molecule has 2 saturated heterocycles. The van der Waals surface area contributed by atoms with Gasteiger partial charge in [-0.3, -0.25) is 9.69 Å². The quantitative estimate of drug-likeness (QED) is 0.272. The van der Waals surface area contributed by atoms with Crippen LogP contribution in [0.15, 0.2) is 0 Å². The zero-order valence-corrected chi connectivity index (χ0v) is 18.4. The molecule has 5 N–H and O–H groups in total. The molecule has 2 rings (SSSR count). The van der Waals surface area contributed by atoms with Gasteiger partial charge in [-0.05, 0) is 39.0 Å². The van der Waals surface area contributed by atoms with Gasteiger partial charge in [0.1, 0.15) is 29.9 Å². The molecule has 1 amide bonds. The molecule has 0 saturated carbocycles. The summed E-state index contributed by atoms with van der Waals surface area (Å²) in [5, 5.41) is 43.5. The first-order chi connectivity index (χ1) is 12.7. The number of hydrogen-bond acceptors (Lipinski definition) is 8. The molecular weight excluding hydrogens is 408 g/mol. The van der Waals surface area contributed by atoms with Crippen molar-refractivity contribution in [3.63, 3.8) is 0 Å². The molecule has 0 aliphatic carbocycles. The van der Waals surface area contributed by atoms with Crippen LogP contribution in [0.4, 0.5) is 0 Å². The maximum absolute atomic E-state index is 12.8. The average Bonchev–Trinajstić information content (AvgIpc) is 2.99. The fourth-order valence-electron chi connectivity index (χ4n) is 4.13. The Kier molecular flexibility index (Phi) is 10.5. The van der Waals surface area contributed by atoms with E-state index in [0.717, 1.165) is 25.8 Å². The highest BCUT2D eigenvalue weighted by atomic mass is 35.5. The predicted molar refractivity (Wildman–Crippen MR) is 103 cm³/mol. The molecule has 8 nitrogen and oxygen atoms in total. The van der Waals surface area contributed by atoms with Crippen LogP contribution in [0.2, 0.25) is 0 Å². The van der Waals surface area contributed by atoms with Gasteiger partial charge in [-0.2, -0.15) is 0 Å². The van der Waals surface area contributed by atoms with Crippen LogP contribution in [-0.2, 0) is 9.53 Å². The van der Waals surface area contributed by atoms with Gasteiger partial charge in [0, 0.05) is 6.54 Å². The van der Waals surface area contributed by atoms with Gasteiger partial charge >= 0.3 is 0 Å². The third kappa shape index (κ3) is 5.72. The molecule has 0 aromatic heterocycles. The number of hydrogen-bond donors (Lipinski definition) is 5. The SMILES string of the molecule is CCCC1CC(C(=O)NC(C(C)O)C2OC(SC)C(O)C(O)C2O)N(C)C1.[Cl-]. The lowest BCUT2D eigenvalue weighted by atomic mass is 9.92. The van der Waals surface area contributed by atoms with E-state index >= 15 is 0 Å². The molecular formula is C18H34ClN2O6S-. The fourth-order valence-corrected chi connectivity index (χ4v) is 4.81. The lowest BCUT2D eigenvalue weighted by Crippen LogP contribution is -3.00. The summed E-state index contributed by atoms with van der Waals surface area (Å²) in [6.45, 7) is 4.48. The topological polar surface area (TPSA) is 122 Å². The Morgan fingerprint density at radius 3 is 2.46 bits per heavy atom. The number of thioether (sulfide) groups is 1. The molecule has 0 aromatic carbocycles. The van der Waals surface area contributed by atoms with E-state index in [1.54, 1.807) is 6.26 Å². The normalized spacial score (nSPS) is 38.5. The number of likely N-dealkylation sites (N-methyl/N-ethyl adjacent to an activating group) is 1. The molecule has 9 unspecified atom stereocenters.